The van der Waals surface area contributed by atoms with Gasteiger partial charge in [0.15, 0.2) is 0 Å². The molecule has 0 aromatic heterocycles. The number of benzene rings is 1. The summed E-state index contributed by atoms with van der Waals surface area (Å²) in [5.74, 6) is 1.49. The van der Waals surface area contributed by atoms with Crippen LogP contribution in [0.1, 0.15) is 52.0 Å². The monoisotopic (exact) mass is 248 g/mol. The second-order valence-electron chi connectivity index (χ2n) is 5.94. The highest BCUT2D eigenvalue weighted by Crippen LogP contribution is 2.40. The van der Waals surface area contributed by atoms with E-state index in [-0.39, 0.29) is 6.10 Å². The predicted octanol–water partition coefficient (Wildman–Crippen LogP) is 3.87. The Balaban J connectivity index is 2.18. The summed E-state index contributed by atoms with van der Waals surface area (Å²) in [7, 11) is 0. The van der Waals surface area contributed by atoms with Gasteiger partial charge in [-0.25, -0.2) is 0 Å². The van der Waals surface area contributed by atoms with Crippen molar-refractivity contribution in [2.45, 2.75) is 58.2 Å². The molecule has 1 unspecified atom stereocenters. The highest BCUT2D eigenvalue weighted by Gasteiger charge is 2.32. The summed E-state index contributed by atoms with van der Waals surface area (Å²) >= 11 is 0. The first-order chi connectivity index (χ1) is 8.49. The molecule has 1 fully saturated rings. The van der Waals surface area contributed by atoms with Gasteiger partial charge < -0.3 is 9.84 Å². The van der Waals surface area contributed by atoms with Gasteiger partial charge in [0.25, 0.3) is 0 Å². The Bertz CT molecular complexity index is 392. The molecule has 0 amide bonds. The maximum atomic E-state index is 10.7. The molecule has 0 spiro atoms. The van der Waals surface area contributed by atoms with E-state index in [9.17, 15) is 5.11 Å². The maximum absolute atomic E-state index is 10.7. The molecule has 0 aliphatic heterocycles. The van der Waals surface area contributed by atoms with Crippen LogP contribution in [-0.2, 0) is 5.60 Å². The normalized spacial score (nSPS) is 19.4. The zero-order valence-electron chi connectivity index (χ0n) is 11.6. The lowest BCUT2D eigenvalue weighted by Crippen LogP contribution is -2.28. The van der Waals surface area contributed by atoms with Crippen molar-refractivity contribution in [3.8, 4) is 5.75 Å². The third kappa shape index (κ3) is 3.05. The summed E-state index contributed by atoms with van der Waals surface area (Å²) in [6.07, 6.45) is 4.79. The molecule has 2 heteroatoms. The minimum absolute atomic E-state index is 0.130. The second kappa shape index (κ2) is 5.31. The molecular formula is C16H24O2. The van der Waals surface area contributed by atoms with Crippen LogP contribution in [0.25, 0.3) is 0 Å². The molecule has 1 aliphatic rings. The number of hydrogen-bond acceptors (Lipinski definition) is 2. The van der Waals surface area contributed by atoms with Crippen molar-refractivity contribution in [3.05, 3.63) is 29.8 Å². The Morgan fingerprint density at radius 1 is 1.33 bits per heavy atom. The molecule has 2 rings (SSSR count). The van der Waals surface area contributed by atoms with Crippen LogP contribution in [0.4, 0.5) is 0 Å². The van der Waals surface area contributed by atoms with E-state index in [1.807, 2.05) is 45.0 Å². The Morgan fingerprint density at radius 2 is 2.00 bits per heavy atom. The summed E-state index contributed by atoms with van der Waals surface area (Å²) < 4.78 is 5.80. The molecule has 18 heavy (non-hydrogen) atoms. The van der Waals surface area contributed by atoms with Crippen LogP contribution >= 0.6 is 0 Å². The average Bonchev–Trinajstić information content (AvgIpc) is 2.23. The average molecular weight is 248 g/mol. The van der Waals surface area contributed by atoms with Crippen LogP contribution < -0.4 is 4.74 Å². The quantitative estimate of drug-likeness (QED) is 0.857. The molecule has 0 bridgehead atoms. The standard InChI is InChI=1S/C16H24O2/c1-12(2)18-15-10-5-4-9-14(15)16(3,17)11-13-7-6-8-13/h4-5,9-10,12-13,17H,6-8,11H2,1-3H3. The molecule has 1 aliphatic carbocycles. The first-order valence-corrected chi connectivity index (χ1v) is 6.97. The van der Waals surface area contributed by atoms with E-state index < -0.39 is 5.60 Å². The largest absolute Gasteiger partial charge is 0.491 e. The van der Waals surface area contributed by atoms with Crippen LogP contribution in [0.2, 0.25) is 0 Å². The van der Waals surface area contributed by atoms with Gasteiger partial charge in [-0.1, -0.05) is 37.5 Å². The summed E-state index contributed by atoms with van der Waals surface area (Å²) in [4.78, 5) is 0. The first kappa shape index (κ1) is 13.4. The Labute approximate surface area is 110 Å². The minimum atomic E-state index is -0.781. The van der Waals surface area contributed by atoms with Gasteiger partial charge in [-0.3, -0.25) is 0 Å². The number of para-hydroxylation sites is 1. The highest BCUT2D eigenvalue weighted by atomic mass is 16.5. The lowest BCUT2D eigenvalue weighted by molar-refractivity contribution is 0.0130. The van der Waals surface area contributed by atoms with Crippen molar-refractivity contribution in [2.24, 2.45) is 5.92 Å². The summed E-state index contributed by atoms with van der Waals surface area (Å²) in [6, 6.07) is 7.86. The Morgan fingerprint density at radius 3 is 2.56 bits per heavy atom. The molecule has 0 radical (unpaired) electrons. The van der Waals surface area contributed by atoms with E-state index in [0.29, 0.717) is 5.92 Å². The van der Waals surface area contributed by atoms with E-state index in [2.05, 4.69) is 0 Å². The molecule has 1 saturated carbocycles. The fourth-order valence-electron chi connectivity index (χ4n) is 2.64. The van der Waals surface area contributed by atoms with Gasteiger partial charge in [-0.05, 0) is 39.2 Å². The first-order valence-electron chi connectivity index (χ1n) is 6.97. The fraction of sp³-hybridized carbons (Fsp3) is 0.625. The number of ether oxygens (including phenoxy) is 1. The van der Waals surface area contributed by atoms with Crippen molar-refractivity contribution in [2.75, 3.05) is 0 Å². The van der Waals surface area contributed by atoms with E-state index >= 15 is 0 Å². The van der Waals surface area contributed by atoms with Crippen LogP contribution in [0, 0.1) is 5.92 Å². The molecule has 1 N–H and O–H groups in total. The zero-order valence-corrected chi connectivity index (χ0v) is 11.6. The van der Waals surface area contributed by atoms with Gasteiger partial charge in [0.1, 0.15) is 5.75 Å². The van der Waals surface area contributed by atoms with E-state index in [4.69, 9.17) is 4.74 Å². The molecule has 0 heterocycles. The van der Waals surface area contributed by atoms with Gasteiger partial charge in [0, 0.05) is 5.56 Å². The lowest BCUT2D eigenvalue weighted by Gasteiger charge is -2.34. The van der Waals surface area contributed by atoms with Crippen LogP contribution in [0.5, 0.6) is 5.75 Å². The van der Waals surface area contributed by atoms with Crippen molar-refractivity contribution < 1.29 is 9.84 Å². The molecule has 2 nitrogen and oxygen atoms in total. The topological polar surface area (TPSA) is 29.5 Å². The predicted molar refractivity (Wildman–Crippen MR) is 73.7 cm³/mol. The van der Waals surface area contributed by atoms with E-state index in [0.717, 1.165) is 17.7 Å². The second-order valence-corrected chi connectivity index (χ2v) is 5.94. The Kier molecular flexibility index (Phi) is 3.96. The molecule has 1 aromatic carbocycles. The van der Waals surface area contributed by atoms with Crippen molar-refractivity contribution in [1.29, 1.82) is 0 Å². The molecule has 1 aromatic rings. The number of aliphatic hydroxyl groups is 1. The smallest absolute Gasteiger partial charge is 0.125 e. The van der Waals surface area contributed by atoms with Crippen molar-refractivity contribution in [3.63, 3.8) is 0 Å². The maximum Gasteiger partial charge on any atom is 0.125 e. The van der Waals surface area contributed by atoms with Gasteiger partial charge in [-0.15, -0.1) is 0 Å². The van der Waals surface area contributed by atoms with Crippen LogP contribution in [0.3, 0.4) is 0 Å². The molecule has 100 valence electrons. The van der Waals surface area contributed by atoms with Gasteiger partial charge in [0.2, 0.25) is 0 Å². The van der Waals surface area contributed by atoms with Gasteiger partial charge >= 0.3 is 0 Å². The molecule has 0 saturated heterocycles. The zero-order chi connectivity index (χ0) is 13.2. The molecule has 1 atom stereocenters. The highest BCUT2D eigenvalue weighted by molar-refractivity contribution is 5.37. The summed E-state index contributed by atoms with van der Waals surface area (Å²) in [5.41, 5.74) is 0.141. The van der Waals surface area contributed by atoms with Crippen molar-refractivity contribution >= 4 is 0 Å². The Hall–Kier alpha value is -1.02. The number of rotatable bonds is 5. The van der Waals surface area contributed by atoms with Crippen LogP contribution in [0.15, 0.2) is 24.3 Å². The summed E-state index contributed by atoms with van der Waals surface area (Å²) in [6.45, 7) is 5.93. The van der Waals surface area contributed by atoms with Gasteiger partial charge in [0.05, 0.1) is 11.7 Å². The van der Waals surface area contributed by atoms with E-state index in [1.165, 1.54) is 19.3 Å². The van der Waals surface area contributed by atoms with Gasteiger partial charge in [-0.2, -0.15) is 0 Å². The lowest BCUT2D eigenvalue weighted by atomic mass is 9.75. The third-order valence-corrected chi connectivity index (χ3v) is 3.74. The summed E-state index contributed by atoms with van der Waals surface area (Å²) in [5, 5.41) is 10.7. The molecular weight excluding hydrogens is 224 g/mol. The number of hydrogen-bond donors (Lipinski definition) is 1. The minimum Gasteiger partial charge on any atom is -0.491 e. The van der Waals surface area contributed by atoms with Crippen LogP contribution in [-0.4, -0.2) is 11.2 Å². The third-order valence-electron chi connectivity index (χ3n) is 3.74. The van der Waals surface area contributed by atoms with E-state index in [1.54, 1.807) is 0 Å². The fourth-order valence-corrected chi connectivity index (χ4v) is 2.64. The SMILES string of the molecule is CC(C)Oc1ccccc1C(C)(O)CC1CCC1. The van der Waals surface area contributed by atoms with Crippen molar-refractivity contribution in [1.82, 2.24) is 0 Å².